The van der Waals surface area contributed by atoms with Crippen molar-refractivity contribution in [1.82, 2.24) is 0 Å². The molecular formula is C66H120O6. The van der Waals surface area contributed by atoms with Gasteiger partial charge in [0.15, 0.2) is 6.10 Å². The molecule has 0 bridgehead atoms. The van der Waals surface area contributed by atoms with Gasteiger partial charge < -0.3 is 14.2 Å². The molecule has 0 saturated heterocycles. The average Bonchev–Trinajstić information content (AvgIpc) is 3.38. The number of allylic oxidation sites excluding steroid dienone is 8. The summed E-state index contributed by atoms with van der Waals surface area (Å²) < 4.78 is 16.9. The number of carbonyl (C=O) groups is 3. The maximum atomic E-state index is 12.9. The summed E-state index contributed by atoms with van der Waals surface area (Å²) in [6.45, 7) is 6.65. The molecule has 0 aromatic carbocycles. The van der Waals surface area contributed by atoms with Crippen LogP contribution in [0.2, 0.25) is 0 Å². The Balaban J connectivity index is 4.35. The first kappa shape index (κ1) is 69.4. The summed E-state index contributed by atoms with van der Waals surface area (Å²) in [6.07, 6.45) is 75.4. The number of ether oxygens (including phenoxy) is 3. The third-order valence-corrected chi connectivity index (χ3v) is 14.1. The van der Waals surface area contributed by atoms with Gasteiger partial charge in [-0.25, -0.2) is 0 Å². The van der Waals surface area contributed by atoms with Crippen LogP contribution in [-0.2, 0) is 28.6 Å². The molecule has 0 amide bonds. The summed E-state index contributed by atoms with van der Waals surface area (Å²) in [5.74, 6) is -0.879. The zero-order valence-electron chi connectivity index (χ0n) is 48.2. The predicted octanol–water partition coefficient (Wildman–Crippen LogP) is 21.4. The average molecular weight is 1010 g/mol. The van der Waals surface area contributed by atoms with Crippen LogP contribution in [0.25, 0.3) is 0 Å². The minimum absolute atomic E-state index is 0.0785. The fourth-order valence-electron chi connectivity index (χ4n) is 9.27. The Hall–Kier alpha value is -2.63. The molecule has 0 spiro atoms. The zero-order valence-corrected chi connectivity index (χ0v) is 48.2. The van der Waals surface area contributed by atoms with Crippen LogP contribution in [0.1, 0.15) is 335 Å². The van der Waals surface area contributed by atoms with Crippen LogP contribution in [0.5, 0.6) is 0 Å². The third kappa shape index (κ3) is 58.3. The van der Waals surface area contributed by atoms with E-state index in [1.54, 1.807) is 0 Å². The van der Waals surface area contributed by atoms with Gasteiger partial charge in [-0.2, -0.15) is 0 Å². The molecule has 1 atom stereocenters. The predicted molar refractivity (Wildman–Crippen MR) is 312 cm³/mol. The van der Waals surface area contributed by atoms with E-state index in [-0.39, 0.29) is 31.1 Å². The first-order valence-electron chi connectivity index (χ1n) is 31.6. The zero-order chi connectivity index (χ0) is 52.2. The first-order chi connectivity index (χ1) is 35.5. The standard InChI is InChI=1S/C66H120O6/c1-4-7-10-13-16-19-22-25-28-30-32-33-35-36-38-41-44-47-50-53-56-59-65(68)71-62-63(61-70-64(67)58-55-52-49-46-43-40-27-24-21-18-15-12-9-6-3)72-66(69)60-57-54-51-48-45-42-39-37-34-31-29-26-23-20-17-14-11-8-5-2/h22,24-25,27,30,32,35-36,63H,4-21,23,26,28-29,31,33-34,37-62H2,1-3H3/b25-22-,27-24-,32-30-,36-35-. The Bertz CT molecular complexity index is 1250. The molecule has 6 nitrogen and oxygen atoms in total. The van der Waals surface area contributed by atoms with Crippen molar-refractivity contribution in [2.45, 2.75) is 341 Å². The molecule has 420 valence electrons. The summed E-state index contributed by atoms with van der Waals surface area (Å²) >= 11 is 0. The Morgan fingerprint density at radius 2 is 0.500 bits per heavy atom. The lowest BCUT2D eigenvalue weighted by Gasteiger charge is -2.18. The smallest absolute Gasteiger partial charge is 0.306 e. The van der Waals surface area contributed by atoms with Crippen molar-refractivity contribution in [3.8, 4) is 0 Å². The van der Waals surface area contributed by atoms with Gasteiger partial charge in [0.2, 0.25) is 0 Å². The van der Waals surface area contributed by atoms with Crippen molar-refractivity contribution in [3.05, 3.63) is 48.6 Å². The van der Waals surface area contributed by atoms with Crippen molar-refractivity contribution < 1.29 is 28.6 Å². The summed E-state index contributed by atoms with van der Waals surface area (Å²) in [6, 6.07) is 0. The van der Waals surface area contributed by atoms with E-state index in [2.05, 4.69) is 69.4 Å². The molecule has 0 saturated carbocycles. The van der Waals surface area contributed by atoms with Gasteiger partial charge in [0.05, 0.1) is 0 Å². The molecule has 0 aliphatic carbocycles. The van der Waals surface area contributed by atoms with Crippen LogP contribution in [-0.4, -0.2) is 37.2 Å². The normalized spacial score (nSPS) is 12.3. The molecule has 0 aliphatic heterocycles. The van der Waals surface area contributed by atoms with E-state index in [4.69, 9.17) is 14.2 Å². The van der Waals surface area contributed by atoms with Crippen LogP contribution >= 0.6 is 0 Å². The summed E-state index contributed by atoms with van der Waals surface area (Å²) in [7, 11) is 0. The molecule has 0 rings (SSSR count). The minimum Gasteiger partial charge on any atom is -0.462 e. The van der Waals surface area contributed by atoms with Gasteiger partial charge in [-0.15, -0.1) is 0 Å². The Morgan fingerprint density at radius 1 is 0.278 bits per heavy atom. The monoisotopic (exact) mass is 1010 g/mol. The lowest BCUT2D eigenvalue weighted by Crippen LogP contribution is -2.30. The van der Waals surface area contributed by atoms with Crippen LogP contribution in [0, 0.1) is 0 Å². The van der Waals surface area contributed by atoms with Crippen LogP contribution in [0.4, 0.5) is 0 Å². The molecule has 0 aromatic heterocycles. The van der Waals surface area contributed by atoms with Crippen molar-refractivity contribution >= 4 is 17.9 Å². The summed E-state index contributed by atoms with van der Waals surface area (Å²) in [5, 5.41) is 0. The lowest BCUT2D eigenvalue weighted by atomic mass is 10.0. The molecule has 72 heavy (non-hydrogen) atoms. The molecule has 0 radical (unpaired) electrons. The Morgan fingerprint density at radius 3 is 0.792 bits per heavy atom. The number of carbonyl (C=O) groups excluding carboxylic acids is 3. The fraction of sp³-hybridized carbons (Fsp3) is 0.833. The van der Waals surface area contributed by atoms with Crippen LogP contribution in [0.15, 0.2) is 48.6 Å². The van der Waals surface area contributed by atoms with Crippen LogP contribution < -0.4 is 0 Å². The van der Waals surface area contributed by atoms with E-state index in [9.17, 15) is 14.4 Å². The van der Waals surface area contributed by atoms with Crippen molar-refractivity contribution in [1.29, 1.82) is 0 Å². The summed E-state index contributed by atoms with van der Waals surface area (Å²) in [4.78, 5) is 38.3. The second-order valence-electron chi connectivity index (χ2n) is 21.3. The van der Waals surface area contributed by atoms with E-state index < -0.39 is 6.10 Å². The largest absolute Gasteiger partial charge is 0.462 e. The number of esters is 3. The lowest BCUT2D eigenvalue weighted by molar-refractivity contribution is -0.167. The molecule has 0 N–H and O–H groups in total. The van der Waals surface area contributed by atoms with Crippen molar-refractivity contribution in [2.24, 2.45) is 0 Å². The number of hydrogen-bond donors (Lipinski definition) is 0. The molecular weight excluding hydrogens is 889 g/mol. The van der Waals surface area contributed by atoms with Gasteiger partial charge >= 0.3 is 17.9 Å². The van der Waals surface area contributed by atoms with E-state index in [0.717, 1.165) is 83.5 Å². The highest BCUT2D eigenvalue weighted by Crippen LogP contribution is 2.17. The quantitative estimate of drug-likeness (QED) is 0.0261. The van der Waals surface area contributed by atoms with E-state index in [1.807, 2.05) is 0 Å². The second kappa shape index (κ2) is 60.9. The molecule has 1 unspecified atom stereocenters. The molecule has 0 aliphatic rings. The van der Waals surface area contributed by atoms with Gasteiger partial charge in [0.1, 0.15) is 13.2 Å². The topological polar surface area (TPSA) is 78.9 Å². The van der Waals surface area contributed by atoms with Gasteiger partial charge in [-0.3, -0.25) is 14.4 Å². The van der Waals surface area contributed by atoms with Crippen molar-refractivity contribution in [2.75, 3.05) is 13.2 Å². The number of hydrogen-bond acceptors (Lipinski definition) is 6. The van der Waals surface area contributed by atoms with E-state index in [0.29, 0.717) is 19.3 Å². The SMILES string of the molecule is CCCCCCC/C=C\C/C=C\C/C=C\CCCCCCCCC(=O)OCC(COC(=O)CCCCCCC/C=C\CCCCCCC)OC(=O)CCCCCCCCCCCCCCCCCCCCC. The van der Waals surface area contributed by atoms with Gasteiger partial charge in [0.25, 0.3) is 0 Å². The fourth-order valence-corrected chi connectivity index (χ4v) is 9.27. The third-order valence-electron chi connectivity index (χ3n) is 14.1. The van der Waals surface area contributed by atoms with E-state index >= 15 is 0 Å². The second-order valence-corrected chi connectivity index (χ2v) is 21.3. The molecule has 0 fully saturated rings. The van der Waals surface area contributed by atoms with Gasteiger partial charge in [-0.05, 0) is 83.5 Å². The molecule has 0 aromatic rings. The molecule has 0 heterocycles. The maximum Gasteiger partial charge on any atom is 0.306 e. The maximum absolute atomic E-state index is 12.9. The Kier molecular flexibility index (Phi) is 58.7. The van der Waals surface area contributed by atoms with E-state index in [1.165, 1.54) is 212 Å². The van der Waals surface area contributed by atoms with Gasteiger partial charge in [-0.1, -0.05) is 281 Å². The van der Waals surface area contributed by atoms with Gasteiger partial charge in [0, 0.05) is 19.3 Å². The Labute approximate surface area is 448 Å². The minimum atomic E-state index is -0.781. The van der Waals surface area contributed by atoms with Crippen molar-refractivity contribution in [3.63, 3.8) is 0 Å². The highest BCUT2D eigenvalue weighted by Gasteiger charge is 2.19. The number of unbranched alkanes of at least 4 members (excludes halogenated alkanes) is 39. The highest BCUT2D eigenvalue weighted by atomic mass is 16.6. The summed E-state index contributed by atoms with van der Waals surface area (Å²) in [5.41, 5.74) is 0. The highest BCUT2D eigenvalue weighted by molar-refractivity contribution is 5.71. The number of rotatable bonds is 58. The first-order valence-corrected chi connectivity index (χ1v) is 31.6. The van der Waals surface area contributed by atoms with Crippen LogP contribution in [0.3, 0.4) is 0 Å². The molecule has 6 heteroatoms.